The molecule has 0 aliphatic carbocycles. The molecule has 1 unspecified atom stereocenters. The Balaban J connectivity index is 1.44. The fourth-order valence-electron chi connectivity index (χ4n) is 4.19. The number of hydrogen-bond acceptors (Lipinski definition) is 5. The largest absolute Gasteiger partial charge is 0.459 e. The first-order valence-electron chi connectivity index (χ1n) is 12.4. The lowest BCUT2D eigenvalue weighted by Gasteiger charge is -2.09. The van der Waals surface area contributed by atoms with Crippen molar-refractivity contribution in [3.05, 3.63) is 108 Å². The second-order valence-electron chi connectivity index (χ2n) is 8.89. The Morgan fingerprint density at radius 1 is 1.00 bits per heavy atom. The molecule has 2 heterocycles. The maximum atomic E-state index is 13.7. The van der Waals surface area contributed by atoms with Gasteiger partial charge in [-0.05, 0) is 82.9 Å². The minimum absolute atomic E-state index is 0.188. The Morgan fingerprint density at radius 3 is 2.44 bits per heavy atom. The van der Waals surface area contributed by atoms with E-state index in [-0.39, 0.29) is 18.3 Å². The topological polar surface area (TPSA) is 98.2 Å². The van der Waals surface area contributed by atoms with Gasteiger partial charge in [0.25, 0.3) is 0 Å². The van der Waals surface area contributed by atoms with E-state index >= 15 is 0 Å². The van der Waals surface area contributed by atoms with Gasteiger partial charge in [-0.15, -0.1) is 0 Å². The maximum Gasteiger partial charge on any atom is 0.244 e. The lowest BCUT2D eigenvalue weighted by molar-refractivity contribution is -0.116. The van der Waals surface area contributed by atoms with Crippen LogP contribution in [-0.4, -0.2) is 20.9 Å². The molecule has 0 aliphatic heterocycles. The molecule has 5 rings (SSSR count). The lowest BCUT2D eigenvalue weighted by atomic mass is 9.97. The van der Waals surface area contributed by atoms with Crippen LogP contribution in [-0.2, 0) is 22.1 Å². The highest BCUT2D eigenvalue weighted by molar-refractivity contribution is 7.85. The number of fused-ring (bicyclic) bond motifs is 1. The molecule has 0 radical (unpaired) electrons. The first-order chi connectivity index (χ1) is 18.9. The summed E-state index contributed by atoms with van der Waals surface area (Å²) >= 11 is 0. The number of furan rings is 1. The molecule has 196 valence electrons. The van der Waals surface area contributed by atoms with Gasteiger partial charge in [0.1, 0.15) is 23.0 Å². The summed E-state index contributed by atoms with van der Waals surface area (Å²) in [5.74, 6) is 0.945. The molecular formula is C31H26FN3O3S. The van der Waals surface area contributed by atoms with Crippen molar-refractivity contribution in [2.24, 2.45) is 0 Å². The number of nitrogens with two attached hydrogens (primary N) is 1. The van der Waals surface area contributed by atoms with E-state index in [2.05, 4.69) is 10.3 Å². The van der Waals surface area contributed by atoms with Crippen LogP contribution in [0.4, 0.5) is 10.2 Å². The molecular weight excluding hydrogens is 513 g/mol. The summed E-state index contributed by atoms with van der Waals surface area (Å²) < 4.78 is 32.0. The van der Waals surface area contributed by atoms with Crippen LogP contribution in [0.25, 0.3) is 39.3 Å². The number of amides is 1. The van der Waals surface area contributed by atoms with Gasteiger partial charge in [0.2, 0.25) is 5.91 Å². The van der Waals surface area contributed by atoms with Gasteiger partial charge in [-0.3, -0.25) is 9.00 Å². The van der Waals surface area contributed by atoms with Gasteiger partial charge in [0.15, 0.2) is 0 Å². The van der Waals surface area contributed by atoms with Crippen LogP contribution in [0.5, 0.6) is 0 Å². The monoisotopic (exact) mass is 539 g/mol. The van der Waals surface area contributed by atoms with Crippen molar-refractivity contribution in [3.63, 3.8) is 0 Å². The number of hydrogen-bond donors (Lipinski definition) is 2. The first-order valence-corrected chi connectivity index (χ1v) is 13.7. The summed E-state index contributed by atoms with van der Waals surface area (Å²) in [6.45, 7) is 2.08. The molecule has 2 aromatic heterocycles. The van der Waals surface area contributed by atoms with E-state index in [9.17, 15) is 13.4 Å². The third-order valence-corrected chi connectivity index (χ3v) is 7.53. The highest BCUT2D eigenvalue weighted by Crippen LogP contribution is 2.36. The predicted octanol–water partition coefficient (Wildman–Crippen LogP) is 6.34. The summed E-state index contributed by atoms with van der Waals surface area (Å²) in [5, 5.41) is 3.68. The van der Waals surface area contributed by atoms with Gasteiger partial charge in [0, 0.05) is 33.9 Å². The summed E-state index contributed by atoms with van der Waals surface area (Å²) in [7, 11) is -1.03. The van der Waals surface area contributed by atoms with Gasteiger partial charge in [-0.2, -0.15) is 0 Å². The van der Waals surface area contributed by atoms with Crippen LogP contribution >= 0.6 is 0 Å². The normalized spacial score (nSPS) is 12.2. The maximum absolute atomic E-state index is 13.7. The summed E-state index contributed by atoms with van der Waals surface area (Å²) in [5.41, 5.74) is 10.5. The van der Waals surface area contributed by atoms with Crippen molar-refractivity contribution in [1.29, 1.82) is 0 Å². The van der Waals surface area contributed by atoms with Crippen molar-refractivity contribution in [1.82, 2.24) is 10.3 Å². The van der Waals surface area contributed by atoms with Crippen LogP contribution in [0.3, 0.4) is 0 Å². The van der Waals surface area contributed by atoms with Crippen molar-refractivity contribution in [2.45, 2.75) is 18.4 Å². The fraction of sp³-hybridized carbons (Fsp3) is 0.0968. The molecule has 0 saturated heterocycles. The summed E-state index contributed by atoms with van der Waals surface area (Å²) in [6.07, 6.45) is 4.66. The second kappa shape index (κ2) is 11.4. The van der Waals surface area contributed by atoms with E-state index in [0.29, 0.717) is 22.9 Å². The number of nitrogens with one attached hydrogen (secondary N) is 1. The number of halogens is 1. The van der Waals surface area contributed by atoms with Gasteiger partial charge < -0.3 is 15.5 Å². The van der Waals surface area contributed by atoms with Crippen molar-refractivity contribution >= 4 is 39.6 Å². The Bertz CT molecular complexity index is 1680. The molecule has 0 spiro atoms. The van der Waals surface area contributed by atoms with Crippen molar-refractivity contribution in [2.75, 3.05) is 11.5 Å². The highest BCUT2D eigenvalue weighted by atomic mass is 32.2. The fourth-order valence-corrected chi connectivity index (χ4v) is 4.96. The first kappa shape index (κ1) is 26.1. The minimum Gasteiger partial charge on any atom is -0.459 e. The molecule has 0 aliphatic rings. The number of nitrogens with zero attached hydrogens (tertiary/aromatic N) is 1. The SMILES string of the molecule is CCS(=O)c1ccc(-c2cc(-c3ccc(F)cc3)c3oc(CNC(=O)/C=C/c4ccc(N)nc4)cc3c2)cc1. The van der Waals surface area contributed by atoms with E-state index < -0.39 is 10.8 Å². The summed E-state index contributed by atoms with van der Waals surface area (Å²) in [6, 6.07) is 23.2. The Kier molecular flexibility index (Phi) is 7.65. The molecule has 0 fully saturated rings. The van der Waals surface area contributed by atoms with E-state index in [4.69, 9.17) is 10.2 Å². The molecule has 0 bridgehead atoms. The molecule has 6 nitrogen and oxygen atoms in total. The molecule has 1 atom stereocenters. The van der Waals surface area contributed by atoms with E-state index in [1.807, 2.05) is 49.4 Å². The van der Waals surface area contributed by atoms with Gasteiger partial charge in [-0.1, -0.05) is 31.2 Å². The predicted molar refractivity (Wildman–Crippen MR) is 154 cm³/mol. The Hall–Kier alpha value is -4.56. The quantitative estimate of drug-likeness (QED) is 0.224. The van der Waals surface area contributed by atoms with E-state index in [1.54, 1.807) is 36.5 Å². The zero-order valence-corrected chi connectivity index (χ0v) is 22.0. The van der Waals surface area contributed by atoms with Crippen molar-refractivity contribution in [3.8, 4) is 22.3 Å². The van der Waals surface area contributed by atoms with Crippen LogP contribution < -0.4 is 11.1 Å². The standard InChI is InChI=1S/C31H26FN3O3S/c1-2-39(37)27-11-7-21(8-12-27)23-15-24-16-26(19-35-30(36)14-4-20-3-13-29(33)34-18-20)38-31(24)28(17-23)22-5-9-25(32)10-6-22/h3-18H,2,19H2,1H3,(H2,33,34)(H,35,36)/b14-4+. The number of nitrogen functional groups attached to an aromatic ring is 1. The van der Waals surface area contributed by atoms with Crippen LogP contribution in [0.15, 0.2) is 100 Å². The third-order valence-electron chi connectivity index (χ3n) is 6.21. The minimum atomic E-state index is -1.03. The highest BCUT2D eigenvalue weighted by Gasteiger charge is 2.14. The Labute approximate surface area is 227 Å². The molecule has 39 heavy (non-hydrogen) atoms. The third kappa shape index (κ3) is 6.13. The van der Waals surface area contributed by atoms with Gasteiger partial charge in [-0.25, -0.2) is 9.37 Å². The van der Waals surface area contributed by atoms with Crippen LogP contribution in [0, 0.1) is 5.82 Å². The average molecular weight is 540 g/mol. The van der Waals surface area contributed by atoms with E-state index in [0.717, 1.165) is 38.1 Å². The second-order valence-corrected chi connectivity index (χ2v) is 10.6. The zero-order chi connectivity index (χ0) is 27.4. The zero-order valence-electron chi connectivity index (χ0n) is 21.2. The number of benzene rings is 3. The number of rotatable bonds is 8. The van der Waals surface area contributed by atoms with Gasteiger partial charge in [0.05, 0.1) is 17.3 Å². The van der Waals surface area contributed by atoms with Crippen molar-refractivity contribution < 1.29 is 17.8 Å². The Morgan fingerprint density at radius 2 is 1.74 bits per heavy atom. The lowest BCUT2D eigenvalue weighted by Crippen LogP contribution is -2.19. The molecule has 1 amide bonds. The molecule has 3 aromatic carbocycles. The smallest absolute Gasteiger partial charge is 0.244 e. The summed E-state index contributed by atoms with van der Waals surface area (Å²) in [4.78, 5) is 17.2. The molecule has 8 heteroatoms. The number of anilines is 1. The number of pyridine rings is 1. The molecule has 3 N–H and O–H groups in total. The molecule has 5 aromatic rings. The van der Waals surface area contributed by atoms with E-state index in [1.165, 1.54) is 18.2 Å². The van der Waals surface area contributed by atoms with Gasteiger partial charge >= 0.3 is 0 Å². The van der Waals surface area contributed by atoms with Crippen LogP contribution in [0.1, 0.15) is 18.2 Å². The average Bonchev–Trinajstić information content (AvgIpc) is 3.38. The molecule has 0 saturated carbocycles. The number of carbonyl (C=O) groups is 1. The number of carbonyl (C=O) groups excluding carboxylic acids is 1. The van der Waals surface area contributed by atoms with Crippen LogP contribution in [0.2, 0.25) is 0 Å². The number of aromatic nitrogens is 1.